The van der Waals surface area contributed by atoms with Gasteiger partial charge < -0.3 is 4.52 Å². The zero-order chi connectivity index (χ0) is 18.9. The number of sulfonamides is 1. The predicted molar refractivity (Wildman–Crippen MR) is 104 cm³/mol. The van der Waals surface area contributed by atoms with Crippen molar-refractivity contribution in [2.45, 2.75) is 45.4 Å². The minimum atomic E-state index is -3.51. The number of benzene rings is 1. The van der Waals surface area contributed by atoms with Gasteiger partial charge in [0.25, 0.3) is 0 Å². The molecule has 0 unspecified atom stereocenters. The molecule has 0 saturated carbocycles. The fourth-order valence-corrected chi connectivity index (χ4v) is 5.91. The van der Waals surface area contributed by atoms with E-state index in [1.807, 2.05) is 27.7 Å². The van der Waals surface area contributed by atoms with Crippen molar-refractivity contribution in [2.75, 3.05) is 26.3 Å². The molecule has 1 aromatic rings. The molecule has 0 aliphatic rings. The summed E-state index contributed by atoms with van der Waals surface area (Å²) in [6.07, 6.45) is 1.54. The predicted octanol–water partition coefficient (Wildman–Crippen LogP) is 4.17. The van der Waals surface area contributed by atoms with Gasteiger partial charge in [0.2, 0.25) is 10.0 Å². The molecule has 0 N–H and O–H groups in total. The first-order chi connectivity index (χ1) is 11.8. The maximum Gasteiger partial charge on any atom is 0.380 e. The average molecular weight is 410 g/mol. The number of hydrogen-bond acceptors (Lipinski definition) is 6. The van der Waals surface area contributed by atoms with Gasteiger partial charge in [0.15, 0.2) is 0 Å². The SMILES string of the molecule is CCCN(CCC)S(=O)(=O)c1ccc(OP(=S)(OCC)OCC)cc1. The van der Waals surface area contributed by atoms with E-state index in [-0.39, 0.29) is 4.90 Å². The first-order valence-electron chi connectivity index (χ1n) is 8.51. The van der Waals surface area contributed by atoms with Crippen LogP contribution in [0.15, 0.2) is 29.2 Å². The van der Waals surface area contributed by atoms with E-state index in [0.29, 0.717) is 32.1 Å². The fourth-order valence-electron chi connectivity index (χ4n) is 2.21. The standard InChI is InChI=1S/C16H28NO5PS2/c1-5-13-17(14-6-2)25(18,19)16-11-9-15(10-12-16)22-23(24,20-7-3)21-8-4/h9-12H,5-8,13-14H2,1-4H3. The molecule has 1 aromatic carbocycles. The summed E-state index contributed by atoms with van der Waals surface area (Å²) in [5.41, 5.74) is 0. The van der Waals surface area contributed by atoms with Gasteiger partial charge in [-0.15, -0.1) is 0 Å². The Morgan fingerprint density at radius 2 is 1.44 bits per heavy atom. The van der Waals surface area contributed by atoms with E-state index in [0.717, 1.165) is 12.8 Å². The van der Waals surface area contributed by atoms with Crippen molar-refractivity contribution in [2.24, 2.45) is 0 Å². The maximum absolute atomic E-state index is 12.7. The van der Waals surface area contributed by atoms with Crippen LogP contribution in [-0.4, -0.2) is 39.0 Å². The van der Waals surface area contributed by atoms with E-state index in [9.17, 15) is 8.42 Å². The van der Waals surface area contributed by atoms with Crippen LogP contribution in [-0.2, 0) is 30.9 Å². The molecule has 6 nitrogen and oxygen atoms in total. The lowest BCUT2D eigenvalue weighted by Crippen LogP contribution is -2.32. The smallest absolute Gasteiger partial charge is 0.380 e. The second-order valence-corrected chi connectivity index (χ2v) is 10.1. The lowest BCUT2D eigenvalue weighted by molar-refractivity contribution is 0.218. The Kier molecular flexibility index (Phi) is 9.56. The molecule has 0 saturated heterocycles. The van der Waals surface area contributed by atoms with Crippen LogP contribution in [0.3, 0.4) is 0 Å². The monoisotopic (exact) mass is 409 g/mol. The Labute approximate surface area is 156 Å². The third-order valence-electron chi connectivity index (χ3n) is 3.20. The summed E-state index contributed by atoms with van der Waals surface area (Å²) in [6, 6.07) is 6.23. The third kappa shape index (κ3) is 6.62. The van der Waals surface area contributed by atoms with Gasteiger partial charge in [-0.05, 0) is 51.0 Å². The fraction of sp³-hybridized carbons (Fsp3) is 0.625. The van der Waals surface area contributed by atoms with Gasteiger partial charge in [-0.3, -0.25) is 9.05 Å². The molecule has 0 aliphatic carbocycles. The molecule has 9 heteroatoms. The summed E-state index contributed by atoms with van der Waals surface area (Å²) < 4.78 is 43.5. The highest BCUT2D eigenvalue weighted by Crippen LogP contribution is 2.49. The van der Waals surface area contributed by atoms with Crippen molar-refractivity contribution in [3.63, 3.8) is 0 Å². The van der Waals surface area contributed by atoms with Crippen molar-refractivity contribution >= 4 is 28.5 Å². The van der Waals surface area contributed by atoms with Gasteiger partial charge in [-0.2, -0.15) is 4.31 Å². The van der Waals surface area contributed by atoms with Crippen LogP contribution in [0.1, 0.15) is 40.5 Å². The highest BCUT2D eigenvalue weighted by molar-refractivity contribution is 8.07. The first kappa shape index (κ1) is 22.5. The van der Waals surface area contributed by atoms with E-state index < -0.39 is 16.7 Å². The van der Waals surface area contributed by atoms with Crippen molar-refractivity contribution in [1.82, 2.24) is 4.31 Å². The van der Waals surface area contributed by atoms with Crippen LogP contribution in [0.4, 0.5) is 0 Å². The summed E-state index contributed by atoms with van der Waals surface area (Å²) in [5, 5.41) is 0. The van der Waals surface area contributed by atoms with Gasteiger partial charge >= 0.3 is 6.72 Å². The minimum Gasteiger partial charge on any atom is -0.424 e. The van der Waals surface area contributed by atoms with Crippen molar-refractivity contribution in [3.8, 4) is 5.75 Å². The first-order valence-corrected chi connectivity index (χ1v) is 12.5. The van der Waals surface area contributed by atoms with E-state index >= 15 is 0 Å². The molecule has 0 radical (unpaired) electrons. The molecule has 0 fully saturated rings. The van der Waals surface area contributed by atoms with Crippen LogP contribution >= 0.6 is 6.72 Å². The lowest BCUT2D eigenvalue weighted by atomic mass is 10.3. The highest BCUT2D eigenvalue weighted by atomic mass is 32.5. The Hall–Kier alpha value is -0.500. The van der Waals surface area contributed by atoms with Gasteiger partial charge in [-0.1, -0.05) is 13.8 Å². The summed E-state index contributed by atoms with van der Waals surface area (Å²) in [4.78, 5) is 0.239. The van der Waals surface area contributed by atoms with Crippen LogP contribution in [0.2, 0.25) is 0 Å². The third-order valence-corrected chi connectivity index (χ3v) is 7.55. The van der Waals surface area contributed by atoms with Gasteiger partial charge in [0.1, 0.15) is 5.75 Å². The zero-order valence-corrected chi connectivity index (χ0v) is 17.8. The van der Waals surface area contributed by atoms with Gasteiger partial charge in [-0.25, -0.2) is 8.42 Å². The van der Waals surface area contributed by atoms with Crippen LogP contribution in [0.5, 0.6) is 5.75 Å². The summed E-state index contributed by atoms with van der Waals surface area (Å²) in [5.74, 6) is 0.432. The zero-order valence-electron chi connectivity index (χ0n) is 15.3. The second kappa shape index (κ2) is 10.6. The summed E-state index contributed by atoms with van der Waals surface area (Å²) in [6.45, 7) is 6.46. The van der Waals surface area contributed by atoms with Crippen LogP contribution in [0.25, 0.3) is 0 Å². The minimum absolute atomic E-state index is 0.239. The van der Waals surface area contributed by atoms with Crippen molar-refractivity contribution < 1.29 is 22.0 Å². The van der Waals surface area contributed by atoms with E-state index in [1.54, 1.807) is 12.1 Å². The van der Waals surface area contributed by atoms with Gasteiger partial charge in [0, 0.05) is 24.9 Å². The van der Waals surface area contributed by atoms with E-state index in [4.69, 9.17) is 25.4 Å². The van der Waals surface area contributed by atoms with Crippen LogP contribution < -0.4 is 4.52 Å². The van der Waals surface area contributed by atoms with Crippen LogP contribution in [0, 0.1) is 0 Å². The molecule has 0 aliphatic heterocycles. The van der Waals surface area contributed by atoms with E-state index in [2.05, 4.69) is 0 Å². The molecule has 0 amide bonds. The molecule has 144 valence electrons. The topological polar surface area (TPSA) is 65.1 Å². The molecule has 0 atom stereocenters. The molecule has 0 heterocycles. The highest BCUT2D eigenvalue weighted by Gasteiger charge is 2.24. The normalized spacial score (nSPS) is 12.5. The molecule has 0 aromatic heterocycles. The molecular formula is C16H28NO5PS2. The second-order valence-electron chi connectivity index (χ2n) is 5.25. The van der Waals surface area contributed by atoms with Crippen molar-refractivity contribution in [3.05, 3.63) is 24.3 Å². The Bertz CT molecular complexity index is 648. The number of hydrogen-bond donors (Lipinski definition) is 0. The number of rotatable bonds is 12. The molecule has 25 heavy (non-hydrogen) atoms. The molecule has 0 bridgehead atoms. The quantitative estimate of drug-likeness (QED) is 0.483. The Balaban J connectivity index is 2.99. The average Bonchev–Trinajstić information content (AvgIpc) is 2.55. The summed E-state index contributed by atoms with van der Waals surface area (Å²) in [7, 11) is -3.51. The molecular weight excluding hydrogens is 381 g/mol. The van der Waals surface area contributed by atoms with Gasteiger partial charge in [0.05, 0.1) is 18.1 Å². The maximum atomic E-state index is 12.7. The van der Waals surface area contributed by atoms with E-state index in [1.165, 1.54) is 16.4 Å². The molecule has 0 spiro atoms. The lowest BCUT2D eigenvalue weighted by Gasteiger charge is -2.22. The summed E-state index contributed by atoms with van der Waals surface area (Å²) >= 11 is 5.32. The largest absolute Gasteiger partial charge is 0.424 e. The number of nitrogens with zero attached hydrogens (tertiary/aromatic N) is 1. The van der Waals surface area contributed by atoms with Crippen molar-refractivity contribution in [1.29, 1.82) is 0 Å². The Morgan fingerprint density at radius 1 is 0.960 bits per heavy atom. The molecule has 1 rings (SSSR count). The Morgan fingerprint density at radius 3 is 1.84 bits per heavy atom.